The number of nitrogens with one attached hydrogen (secondary N) is 2. The number of benzene rings is 2. The van der Waals surface area contributed by atoms with Crippen molar-refractivity contribution in [2.75, 3.05) is 5.32 Å². The molecule has 1 heterocycles. The highest BCUT2D eigenvalue weighted by atomic mass is 32.2. The van der Waals surface area contributed by atoms with E-state index in [0.29, 0.717) is 12.3 Å². The molecule has 1 amide bonds. The van der Waals surface area contributed by atoms with Crippen molar-refractivity contribution < 1.29 is 14.7 Å². The Morgan fingerprint density at radius 3 is 2.41 bits per heavy atom. The van der Waals surface area contributed by atoms with Gasteiger partial charge in [-0.15, -0.1) is 11.3 Å². The van der Waals surface area contributed by atoms with Crippen molar-refractivity contribution in [3.05, 3.63) is 65.0 Å². The van der Waals surface area contributed by atoms with Crippen LogP contribution in [0.1, 0.15) is 51.5 Å². The van der Waals surface area contributed by atoms with E-state index >= 15 is 0 Å². The Balaban J connectivity index is 1.68. The van der Waals surface area contributed by atoms with Crippen LogP contribution in [0.5, 0.6) is 0 Å². The molecule has 0 bridgehead atoms. The fourth-order valence-electron chi connectivity index (χ4n) is 3.45. The van der Waals surface area contributed by atoms with Crippen LogP contribution in [0.4, 0.5) is 5.69 Å². The van der Waals surface area contributed by atoms with Gasteiger partial charge in [0.2, 0.25) is 5.91 Å². The molecule has 7 heteroatoms. The maximum absolute atomic E-state index is 13.1. The number of fused-ring (bicyclic) bond motifs is 1. The SMILES string of the molecule is CC(C)CC(NSc1ccc(C(C)(C)C)cc1)C(=O)Nc1ccc2sc(/C=C/C(=O)O)cc2c1. The average molecular weight is 497 g/mol. The number of hydrogen-bond acceptors (Lipinski definition) is 5. The number of hydrogen-bond donors (Lipinski definition) is 3. The molecule has 0 aliphatic carbocycles. The topological polar surface area (TPSA) is 78.4 Å². The minimum atomic E-state index is -0.975. The lowest BCUT2D eigenvalue weighted by atomic mass is 9.87. The van der Waals surface area contributed by atoms with Gasteiger partial charge in [-0.1, -0.05) is 46.8 Å². The van der Waals surface area contributed by atoms with Crippen molar-refractivity contribution in [2.45, 2.75) is 57.4 Å². The first-order valence-electron chi connectivity index (χ1n) is 11.3. The van der Waals surface area contributed by atoms with Crippen molar-refractivity contribution in [1.29, 1.82) is 0 Å². The maximum atomic E-state index is 13.1. The van der Waals surface area contributed by atoms with Gasteiger partial charge in [0.15, 0.2) is 0 Å². The van der Waals surface area contributed by atoms with Gasteiger partial charge in [0, 0.05) is 26.2 Å². The summed E-state index contributed by atoms with van der Waals surface area (Å²) in [5.41, 5.74) is 2.10. The van der Waals surface area contributed by atoms with Gasteiger partial charge in [-0.25, -0.2) is 9.52 Å². The van der Waals surface area contributed by atoms with E-state index in [9.17, 15) is 9.59 Å². The minimum Gasteiger partial charge on any atom is -0.478 e. The highest BCUT2D eigenvalue weighted by Crippen LogP contribution is 2.29. The zero-order valence-corrected chi connectivity index (χ0v) is 21.8. The van der Waals surface area contributed by atoms with Crippen LogP contribution < -0.4 is 10.0 Å². The van der Waals surface area contributed by atoms with Crippen molar-refractivity contribution in [3.63, 3.8) is 0 Å². The number of carboxylic acids is 1. The third-order valence-corrected chi connectivity index (χ3v) is 7.25. The lowest BCUT2D eigenvalue weighted by Crippen LogP contribution is -2.38. The Morgan fingerprint density at radius 1 is 1.09 bits per heavy atom. The molecule has 0 spiro atoms. The highest BCUT2D eigenvalue weighted by Gasteiger charge is 2.21. The lowest BCUT2D eigenvalue weighted by molar-refractivity contribution is -0.131. The van der Waals surface area contributed by atoms with E-state index in [0.717, 1.165) is 31.6 Å². The third kappa shape index (κ3) is 7.45. The number of aliphatic carboxylic acids is 1. The zero-order chi connectivity index (χ0) is 24.9. The van der Waals surface area contributed by atoms with Crippen LogP contribution in [0.2, 0.25) is 0 Å². The monoisotopic (exact) mass is 496 g/mol. The third-order valence-electron chi connectivity index (χ3n) is 5.26. The van der Waals surface area contributed by atoms with Crippen LogP contribution in [-0.2, 0) is 15.0 Å². The van der Waals surface area contributed by atoms with Crippen molar-refractivity contribution >= 4 is 57.0 Å². The maximum Gasteiger partial charge on any atom is 0.328 e. The van der Waals surface area contributed by atoms with Crippen LogP contribution in [-0.4, -0.2) is 23.0 Å². The lowest BCUT2D eigenvalue weighted by Gasteiger charge is -2.21. The van der Waals surface area contributed by atoms with Gasteiger partial charge in [0.25, 0.3) is 0 Å². The highest BCUT2D eigenvalue weighted by molar-refractivity contribution is 7.97. The molecule has 1 unspecified atom stereocenters. The summed E-state index contributed by atoms with van der Waals surface area (Å²) >= 11 is 2.99. The summed E-state index contributed by atoms with van der Waals surface area (Å²) in [6.07, 6.45) is 3.42. The number of carboxylic acid groups (broad SMARTS) is 1. The number of amides is 1. The van der Waals surface area contributed by atoms with Gasteiger partial charge in [-0.05, 0) is 83.1 Å². The molecule has 0 radical (unpaired) electrons. The molecule has 3 N–H and O–H groups in total. The zero-order valence-electron chi connectivity index (χ0n) is 20.2. The molecule has 3 rings (SSSR count). The summed E-state index contributed by atoms with van der Waals surface area (Å²) in [7, 11) is 0. The van der Waals surface area contributed by atoms with E-state index in [-0.39, 0.29) is 17.4 Å². The van der Waals surface area contributed by atoms with Gasteiger partial charge < -0.3 is 10.4 Å². The fraction of sp³-hybridized carbons (Fsp3) is 0.333. The summed E-state index contributed by atoms with van der Waals surface area (Å²) in [6, 6.07) is 15.8. The largest absolute Gasteiger partial charge is 0.478 e. The van der Waals surface area contributed by atoms with Crippen molar-refractivity contribution in [1.82, 2.24) is 4.72 Å². The first-order valence-corrected chi connectivity index (χ1v) is 12.9. The van der Waals surface area contributed by atoms with Gasteiger partial charge in [-0.2, -0.15) is 0 Å². The van der Waals surface area contributed by atoms with Gasteiger partial charge in [0.1, 0.15) is 0 Å². The molecule has 0 saturated heterocycles. The number of carbonyl (C=O) groups is 2. The van der Waals surface area contributed by atoms with E-state index in [2.05, 4.69) is 68.9 Å². The normalized spacial score (nSPS) is 13.0. The van der Waals surface area contributed by atoms with Gasteiger partial charge in [0.05, 0.1) is 6.04 Å². The van der Waals surface area contributed by atoms with E-state index in [1.807, 2.05) is 24.3 Å². The first kappa shape index (κ1) is 26.0. The molecular weight excluding hydrogens is 464 g/mol. The molecule has 1 aromatic heterocycles. The van der Waals surface area contributed by atoms with Crippen LogP contribution in [0.3, 0.4) is 0 Å². The molecule has 0 saturated carbocycles. The Hall–Kier alpha value is -2.61. The van der Waals surface area contributed by atoms with E-state index in [1.165, 1.54) is 28.8 Å². The smallest absolute Gasteiger partial charge is 0.328 e. The molecule has 0 fully saturated rings. The second-order valence-corrected chi connectivity index (χ2v) is 11.8. The molecule has 0 aliphatic heterocycles. The standard InChI is InChI=1S/C27H32N2O3S2/c1-17(2)14-23(29-34-21-9-6-19(7-10-21)27(3,4)5)26(32)28-20-8-12-24-18(15-20)16-22(33-24)11-13-25(30)31/h6-13,15-17,23,29H,14H2,1-5H3,(H,28,32)(H,30,31)/b13-11+. The molecular formula is C27H32N2O3S2. The van der Waals surface area contributed by atoms with Crippen LogP contribution >= 0.6 is 23.3 Å². The summed E-state index contributed by atoms with van der Waals surface area (Å²) in [6.45, 7) is 10.8. The van der Waals surface area contributed by atoms with Gasteiger partial charge in [-0.3, -0.25) is 4.79 Å². The predicted octanol–water partition coefficient (Wildman–Crippen LogP) is 6.95. The van der Waals surface area contributed by atoms with Crippen LogP contribution in [0.15, 0.2) is 59.5 Å². The summed E-state index contributed by atoms with van der Waals surface area (Å²) < 4.78 is 4.39. The molecule has 0 aliphatic rings. The Morgan fingerprint density at radius 2 is 1.79 bits per heavy atom. The second-order valence-electron chi connectivity index (χ2n) is 9.74. The summed E-state index contributed by atoms with van der Waals surface area (Å²) in [5.74, 6) is -0.694. The molecule has 180 valence electrons. The Kier molecular flexibility index (Phi) is 8.57. The van der Waals surface area contributed by atoms with Crippen molar-refractivity contribution in [2.24, 2.45) is 5.92 Å². The minimum absolute atomic E-state index is 0.0758. The van der Waals surface area contributed by atoms with E-state index < -0.39 is 5.97 Å². The summed E-state index contributed by atoms with van der Waals surface area (Å²) in [4.78, 5) is 25.8. The average Bonchev–Trinajstić information content (AvgIpc) is 3.17. The van der Waals surface area contributed by atoms with Crippen LogP contribution in [0, 0.1) is 5.92 Å². The predicted molar refractivity (Wildman–Crippen MR) is 145 cm³/mol. The first-order chi connectivity index (χ1) is 16.0. The fourth-order valence-corrected chi connectivity index (χ4v) is 5.15. The van der Waals surface area contributed by atoms with E-state index in [4.69, 9.17) is 5.11 Å². The molecule has 3 aromatic rings. The number of carbonyl (C=O) groups excluding carboxylic acids is 1. The quantitative estimate of drug-likeness (QED) is 0.221. The summed E-state index contributed by atoms with van der Waals surface area (Å²) in [5, 5.41) is 12.8. The number of anilines is 1. The molecule has 1 atom stereocenters. The Bertz CT molecular complexity index is 1170. The van der Waals surface area contributed by atoms with Crippen molar-refractivity contribution in [3.8, 4) is 0 Å². The van der Waals surface area contributed by atoms with Gasteiger partial charge >= 0.3 is 5.97 Å². The Labute approximate surface area is 209 Å². The molecule has 5 nitrogen and oxygen atoms in total. The number of rotatable bonds is 9. The van der Waals surface area contributed by atoms with E-state index in [1.54, 1.807) is 6.08 Å². The molecule has 34 heavy (non-hydrogen) atoms. The van der Waals surface area contributed by atoms with Crippen LogP contribution in [0.25, 0.3) is 16.2 Å². The number of thiophene rings is 1. The second kappa shape index (κ2) is 11.2. The molecule has 2 aromatic carbocycles.